The third kappa shape index (κ3) is 3.80. The summed E-state index contributed by atoms with van der Waals surface area (Å²) in [5, 5.41) is 3.33. The largest absolute Gasteiger partial charge is 0.497 e. The summed E-state index contributed by atoms with van der Waals surface area (Å²) < 4.78 is 12.2. The highest BCUT2D eigenvalue weighted by Gasteiger charge is 2.19. The molecule has 27 heavy (non-hydrogen) atoms. The Balaban J connectivity index is 1.65. The molecule has 3 rings (SSSR count). The molecule has 0 bridgehead atoms. The van der Waals surface area contributed by atoms with Gasteiger partial charge in [0.05, 0.1) is 23.9 Å². The smallest absolute Gasteiger partial charge is 0.262 e. The van der Waals surface area contributed by atoms with Crippen molar-refractivity contribution < 1.29 is 14.3 Å². The number of nitrogens with one attached hydrogen (secondary N) is 1. The average molecular weight is 387 g/mol. The molecule has 7 nitrogen and oxygen atoms in total. The third-order valence-corrected chi connectivity index (χ3v) is 5.50. The fourth-order valence-electron chi connectivity index (χ4n) is 2.67. The highest BCUT2D eigenvalue weighted by molar-refractivity contribution is 7.20. The van der Waals surface area contributed by atoms with Crippen molar-refractivity contribution in [3.8, 4) is 11.5 Å². The van der Waals surface area contributed by atoms with E-state index in [0.717, 1.165) is 5.75 Å². The van der Waals surface area contributed by atoms with E-state index in [-0.39, 0.29) is 11.5 Å². The van der Waals surface area contributed by atoms with E-state index in [2.05, 4.69) is 10.3 Å². The minimum absolute atomic E-state index is 0.131. The average Bonchev–Trinajstić information content (AvgIpc) is 3.00. The number of amides is 1. The van der Waals surface area contributed by atoms with Gasteiger partial charge < -0.3 is 14.8 Å². The van der Waals surface area contributed by atoms with E-state index >= 15 is 0 Å². The summed E-state index contributed by atoms with van der Waals surface area (Å²) in [6.45, 7) is 4.23. The maximum Gasteiger partial charge on any atom is 0.262 e. The fraction of sp³-hybridized carbons (Fsp3) is 0.316. The Kier molecular flexibility index (Phi) is 5.46. The van der Waals surface area contributed by atoms with Crippen molar-refractivity contribution in [1.82, 2.24) is 14.9 Å². The molecular weight excluding hydrogens is 366 g/mol. The second-order valence-electron chi connectivity index (χ2n) is 6.04. The standard InChI is InChI=1S/C19H21N3O4S/c1-11-15-18(21-12(2)22(3)19(15)24)27-16(11)17(23)20-9-10-26-14-7-5-13(25-4)6-8-14/h5-8H,9-10H2,1-4H3,(H,20,23). The third-order valence-electron chi connectivity index (χ3n) is 4.32. The molecule has 0 radical (unpaired) electrons. The first-order valence-corrected chi connectivity index (χ1v) is 9.25. The summed E-state index contributed by atoms with van der Waals surface area (Å²) in [5.41, 5.74) is 0.532. The van der Waals surface area contributed by atoms with Crippen molar-refractivity contribution in [2.75, 3.05) is 20.3 Å². The van der Waals surface area contributed by atoms with Gasteiger partial charge >= 0.3 is 0 Å². The van der Waals surface area contributed by atoms with Crippen LogP contribution < -0.4 is 20.3 Å². The van der Waals surface area contributed by atoms with Crippen molar-refractivity contribution in [3.05, 3.63) is 50.9 Å². The molecule has 0 unspecified atom stereocenters. The summed E-state index contributed by atoms with van der Waals surface area (Å²) in [6, 6.07) is 7.23. The van der Waals surface area contributed by atoms with Crippen LogP contribution in [0.25, 0.3) is 10.2 Å². The van der Waals surface area contributed by atoms with Gasteiger partial charge in [-0.25, -0.2) is 4.98 Å². The highest BCUT2D eigenvalue weighted by atomic mass is 32.1. The monoisotopic (exact) mass is 387 g/mol. The van der Waals surface area contributed by atoms with Gasteiger partial charge in [-0.3, -0.25) is 14.2 Å². The number of nitrogens with zero attached hydrogens (tertiary/aromatic N) is 2. The second-order valence-corrected chi connectivity index (χ2v) is 7.04. The predicted molar refractivity (Wildman–Crippen MR) is 105 cm³/mol. The number of methoxy groups -OCH3 is 1. The molecule has 8 heteroatoms. The van der Waals surface area contributed by atoms with Crippen molar-refractivity contribution in [3.63, 3.8) is 0 Å². The molecule has 1 amide bonds. The Labute approximate surface area is 160 Å². The minimum Gasteiger partial charge on any atom is -0.497 e. The van der Waals surface area contributed by atoms with Crippen molar-refractivity contribution >= 4 is 27.5 Å². The van der Waals surface area contributed by atoms with Crippen LogP contribution in [0.2, 0.25) is 0 Å². The van der Waals surface area contributed by atoms with Crippen LogP contribution in [-0.2, 0) is 7.05 Å². The van der Waals surface area contributed by atoms with E-state index < -0.39 is 0 Å². The topological polar surface area (TPSA) is 82.4 Å². The van der Waals surface area contributed by atoms with Crippen LogP contribution in [-0.4, -0.2) is 35.7 Å². The zero-order valence-electron chi connectivity index (χ0n) is 15.7. The molecule has 1 N–H and O–H groups in total. The van der Waals surface area contributed by atoms with Gasteiger partial charge in [-0.15, -0.1) is 11.3 Å². The molecule has 0 atom stereocenters. The number of ether oxygens (including phenoxy) is 2. The summed E-state index contributed by atoms with van der Waals surface area (Å²) in [7, 11) is 3.28. The van der Waals surface area contributed by atoms with Crippen LogP contribution in [0.5, 0.6) is 11.5 Å². The van der Waals surface area contributed by atoms with E-state index in [0.29, 0.717) is 45.4 Å². The quantitative estimate of drug-likeness (QED) is 0.657. The van der Waals surface area contributed by atoms with Gasteiger partial charge in [-0.05, 0) is 43.7 Å². The van der Waals surface area contributed by atoms with Crippen LogP contribution in [0, 0.1) is 13.8 Å². The summed E-state index contributed by atoms with van der Waals surface area (Å²) in [6.07, 6.45) is 0. The molecule has 142 valence electrons. The number of aromatic nitrogens is 2. The SMILES string of the molecule is COc1ccc(OCCNC(=O)c2sc3nc(C)n(C)c(=O)c3c2C)cc1. The molecule has 2 aromatic heterocycles. The predicted octanol–water partition coefficient (Wildman–Crippen LogP) is 2.43. The number of hydrogen-bond acceptors (Lipinski definition) is 6. The number of benzene rings is 1. The first kappa shape index (κ1) is 18.9. The summed E-state index contributed by atoms with van der Waals surface area (Å²) in [5.74, 6) is 1.85. The van der Waals surface area contributed by atoms with E-state index in [1.807, 2.05) is 12.1 Å². The summed E-state index contributed by atoms with van der Waals surface area (Å²) in [4.78, 5) is 30.5. The lowest BCUT2D eigenvalue weighted by molar-refractivity contribution is 0.0950. The minimum atomic E-state index is -0.228. The molecule has 1 aromatic carbocycles. The number of hydrogen-bond donors (Lipinski definition) is 1. The van der Waals surface area contributed by atoms with E-state index in [9.17, 15) is 9.59 Å². The molecule has 0 saturated heterocycles. The molecule has 0 saturated carbocycles. The number of carbonyl (C=O) groups excluding carboxylic acids is 1. The lowest BCUT2D eigenvalue weighted by atomic mass is 10.2. The number of carbonyl (C=O) groups is 1. The van der Waals surface area contributed by atoms with Gasteiger partial charge in [0, 0.05) is 7.05 Å². The van der Waals surface area contributed by atoms with Gasteiger partial charge in [-0.1, -0.05) is 0 Å². The van der Waals surface area contributed by atoms with Crippen LogP contribution in [0.3, 0.4) is 0 Å². The molecule has 0 aliphatic carbocycles. The van der Waals surface area contributed by atoms with Gasteiger partial charge in [0.25, 0.3) is 11.5 Å². The summed E-state index contributed by atoms with van der Waals surface area (Å²) >= 11 is 1.24. The van der Waals surface area contributed by atoms with Crippen molar-refractivity contribution in [2.45, 2.75) is 13.8 Å². The Morgan fingerprint density at radius 3 is 2.56 bits per heavy atom. The Morgan fingerprint density at radius 1 is 1.22 bits per heavy atom. The number of rotatable bonds is 6. The molecule has 2 heterocycles. The fourth-order valence-corrected chi connectivity index (χ4v) is 3.80. The lowest BCUT2D eigenvalue weighted by Crippen LogP contribution is -2.28. The number of aryl methyl sites for hydroxylation is 2. The van der Waals surface area contributed by atoms with E-state index in [1.54, 1.807) is 40.1 Å². The maximum atomic E-state index is 12.5. The highest BCUT2D eigenvalue weighted by Crippen LogP contribution is 2.27. The Bertz CT molecular complexity index is 1040. The molecule has 0 fully saturated rings. The maximum absolute atomic E-state index is 12.5. The number of thiophene rings is 1. The van der Waals surface area contributed by atoms with Crippen LogP contribution in [0.1, 0.15) is 21.1 Å². The second kappa shape index (κ2) is 7.79. The van der Waals surface area contributed by atoms with Crippen LogP contribution >= 0.6 is 11.3 Å². The van der Waals surface area contributed by atoms with Gasteiger partial charge in [0.15, 0.2) is 0 Å². The molecule has 0 spiro atoms. The lowest BCUT2D eigenvalue weighted by Gasteiger charge is -2.08. The van der Waals surface area contributed by atoms with Crippen LogP contribution in [0.4, 0.5) is 0 Å². The van der Waals surface area contributed by atoms with E-state index in [4.69, 9.17) is 9.47 Å². The van der Waals surface area contributed by atoms with Crippen molar-refractivity contribution in [2.24, 2.45) is 7.05 Å². The molecule has 0 aliphatic heterocycles. The first-order valence-electron chi connectivity index (χ1n) is 8.44. The first-order chi connectivity index (χ1) is 12.9. The van der Waals surface area contributed by atoms with Crippen LogP contribution in [0.15, 0.2) is 29.1 Å². The normalized spacial score (nSPS) is 10.8. The molecular formula is C19H21N3O4S. The zero-order chi connectivity index (χ0) is 19.6. The van der Waals surface area contributed by atoms with Gasteiger partial charge in [-0.2, -0.15) is 0 Å². The van der Waals surface area contributed by atoms with Crippen molar-refractivity contribution in [1.29, 1.82) is 0 Å². The Hall–Kier alpha value is -2.87. The number of fused-ring (bicyclic) bond motifs is 1. The molecule has 3 aromatic rings. The van der Waals surface area contributed by atoms with E-state index in [1.165, 1.54) is 15.9 Å². The Morgan fingerprint density at radius 2 is 1.89 bits per heavy atom. The van der Waals surface area contributed by atoms with Gasteiger partial charge in [0.2, 0.25) is 0 Å². The van der Waals surface area contributed by atoms with Gasteiger partial charge in [0.1, 0.15) is 28.8 Å². The zero-order valence-corrected chi connectivity index (χ0v) is 16.5. The molecule has 0 aliphatic rings.